The van der Waals surface area contributed by atoms with Crippen LogP contribution in [-0.2, 0) is 32.0 Å². The molecular formula is C23H28N2O4. The van der Waals surface area contributed by atoms with Gasteiger partial charge in [0.25, 0.3) is 0 Å². The van der Waals surface area contributed by atoms with Crippen molar-refractivity contribution in [3.8, 4) is 0 Å². The molecule has 0 fully saturated rings. The van der Waals surface area contributed by atoms with Crippen LogP contribution in [0.25, 0.3) is 0 Å². The zero-order valence-corrected chi connectivity index (χ0v) is 17.3. The van der Waals surface area contributed by atoms with Crippen LogP contribution in [0.15, 0.2) is 48.5 Å². The van der Waals surface area contributed by atoms with Gasteiger partial charge in [0, 0.05) is 19.8 Å². The van der Waals surface area contributed by atoms with Crippen molar-refractivity contribution < 1.29 is 19.1 Å². The summed E-state index contributed by atoms with van der Waals surface area (Å²) < 4.78 is 4.88. The fourth-order valence-corrected chi connectivity index (χ4v) is 3.08. The van der Waals surface area contributed by atoms with Gasteiger partial charge in [-0.3, -0.25) is 9.59 Å². The number of methoxy groups -OCH3 is 1. The van der Waals surface area contributed by atoms with Crippen molar-refractivity contribution in [2.45, 2.75) is 45.7 Å². The third-order valence-electron chi connectivity index (χ3n) is 4.79. The Hall–Kier alpha value is -3.15. The van der Waals surface area contributed by atoms with Gasteiger partial charge in [-0.25, -0.2) is 4.79 Å². The highest BCUT2D eigenvalue weighted by molar-refractivity contribution is 5.90. The van der Waals surface area contributed by atoms with Crippen molar-refractivity contribution in [3.63, 3.8) is 0 Å². The lowest BCUT2D eigenvalue weighted by molar-refractivity contribution is -0.145. The molecule has 2 amide bonds. The molecule has 2 N–H and O–H groups in total. The van der Waals surface area contributed by atoms with Crippen molar-refractivity contribution >= 4 is 17.8 Å². The lowest BCUT2D eigenvalue weighted by atomic mass is 10.00. The van der Waals surface area contributed by atoms with Gasteiger partial charge in [0.05, 0.1) is 7.11 Å². The molecule has 29 heavy (non-hydrogen) atoms. The maximum absolute atomic E-state index is 12.9. The summed E-state index contributed by atoms with van der Waals surface area (Å²) in [5.74, 6) is -1.27. The topological polar surface area (TPSA) is 84.5 Å². The molecule has 0 aliphatic carbocycles. The number of ether oxygens (including phenoxy) is 1. The molecule has 2 rings (SSSR count). The van der Waals surface area contributed by atoms with E-state index in [1.165, 1.54) is 14.0 Å². The van der Waals surface area contributed by atoms with Gasteiger partial charge in [0.15, 0.2) is 0 Å². The molecular weight excluding hydrogens is 368 g/mol. The molecule has 0 saturated heterocycles. The van der Waals surface area contributed by atoms with Crippen LogP contribution in [0.5, 0.6) is 0 Å². The molecule has 0 bridgehead atoms. The Balaban J connectivity index is 2.17. The normalized spacial score (nSPS) is 12.6. The van der Waals surface area contributed by atoms with Crippen LogP contribution in [0.4, 0.5) is 0 Å². The molecule has 2 atom stereocenters. The lowest BCUT2D eigenvalue weighted by Gasteiger charge is -2.22. The molecule has 0 aromatic heterocycles. The molecule has 0 aliphatic heterocycles. The monoisotopic (exact) mass is 396 g/mol. The largest absolute Gasteiger partial charge is 0.467 e. The number of benzene rings is 2. The molecule has 0 saturated carbocycles. The molecule has 6 heteroatoms. The minimum atomic E-state index is -0.846. The van der Waals surface area contributed by atoms with Crippen LogP contribution in [0, 0.1) is 13.8 Å². The molecule has 0 radical (unpaired) electrons. The predicted molar refractivity (Wildman–Crippen MR) is 111 cm³/mol. The summed E-state index contributed by atoms with van der Waals surface area (Å²) in [5.41, 5.74) is 4.09. The van der Waals surface area contributed by atoms with Gasteiger partial charge in [-0.15, -0.1) is 0 Å². The fourth-order valence-electron chi connectivity index (χ4n) is 3.08. The number of hydrogen-bond donors (Lipinski definition) is 2. The third-order valence-corrected chi connectivity index (χ3v) is 4.79. The molecule has 6 nitrogen and oxygen atoms in total. The van der Waals surface area contributed by atoms with Gasteiger partial charge in [-0.05, 0) is 36.1 Å². The fraction of sp³-hybridized carbons (Fsp3) is 0.348. The summed E-state index contributed by atoms with van der Waals surface area (Å²) in [4.78, 5) is 36.8. The van der Waals surface area contributed by atoms with Crippen LogP contribution < -0.4 is 10.6 Å². The van der Waals surface area contributed by atoms with Crippen LogP contribution in [0.2, 0.25) is 0 Å². The first-order valence-electron chi connectivity index (χ1n) is 9.55. The molecule has 0 aliphatic rings. The number of rotatable bonds is 8. The summed E-state index contributed by atoms with van der Waals surface area (Å²) in [6.45, 7) is 5.37. The number of carbonyl (C=O) groups excluding carboxylic acids is 3. The second kappa shape index (κ2) is 10.4. The highest BCUT2D eigenvalue weighted by Crippen LogP contribution is 2.13. The summed E-state index contributed by atoms with van der Waals surface area (Å²) in [6.07, 6.45) is 0.626. The number of aryl methyl sites for hydroxylation is 2. The molecule has 2 aromatic carbocycles. The zero-order chi connectivity index (χ0) is 21.4. The molecule has 154 valence electrons. The van der Waals surface area contributed by atoms with E-state index in [4.69, 9.17) is 4.74 Å². The van der Waals surface area contributed by atoms with Gasteiger partial charge >= 0.3 is 5.97 Å². The Morgan fingerprint density at radius 3 is 2.10 bits per heavy atom. The standard InChI is InChI=1S/C23H28N2O4/c1-15-10-11-19(12-16(15)2)14-21(23(28)29-4)25-22(27)20(24-17(3)26)13-18-8-6-5-7-9-18/h5-12,20-21H,13-14H2,1-4H3,(H,24,26)(H,25,27)/t20-,21+/m1/s1. The second-order valence-corrected chi connectivity index (χ2v) is 7.15. The number of amides is 2. The molecule has 0 heterocycles. The predicted octanol–water partition coefficient (Wildman–Crippen LogP) is 2.25. The minimum Gasteiger partial charge on any atom is -0.467 e. The first-order valence-corrected chi connectivity index (χ1v) is 9.55. The molecule has 0 spiro atoms. The first kappa shape index (κ1) is 22.1. The average molecular weight is 396 g/mol. The SMILES string of the molecule is COC(=O)[C@H](Cc1ccc(C)c(C)c1)NC(=O)[C@@H](Cc1ccccc1)NC(C)=O. The highest BCUT2D eigenvalue weighted by Gasteiger charge is 2.27. The van der Waals surface area contributed by atoms with Crippen molar-refractivity contribution in [1.29, 1.82) is 0 Å². The molecule has 2 aromatic rings. The zero-order valence-electron chi connectivity index (χ0n) is 17.3. The maximum Gasteiger partial charge on any atom is 0.328 e. The number of esters is 1. The van der Waals surface area contributed by atoms with Crippen LogP contribution in [0.3, 0.4) is 0 Å². The highest BCUT2D eigenvalue weighted by atomic mass is 16.5. The van der Waals surface area contributed by atoms with E-state index in [2.05, 4.69) is 10.6 Å². The van der Waals surface area contributed by atoms with E-state index in [0.29, 0.717) is 12.8 Å². The lowest BCUT2D eigenvalue weighted by Crippen LogP contribution is -2.53. The Kier molecular flexibility index (Phi) is 7.95. The van der Waals surface area contributed by atoms with E-state index < -0.39 is 24.0 Å². The van der Waals surface area contributed by atoms with Crippen molar-refractivity contribution in [2.75, 3.05) is 7.11 Å². The quantitative estimate of drug-likeness (QED) is 0.671. The number of carbonyl (C=O) groups is 3. The maximum atomic E-state index is 12.9. The van der Waals surface area contributed by atoms with Crippen LogP contribution in [0.1, 0.15) is 29.2 Å². The van der Waals surface area contributed by atoms with Crippen molar-refractivity contribution in [2.24, 2.45) is 0 Å². The second-order valence-electron chi connectivity index (χ2n) is 7.15. The van der Waals surface area contributed by atoms with E-state index in [0.717, 1.165) is 22.3 Å². The van der Waals surface area contributed by atoms with Gasteiger partial charge in [0.1, 0.15) is 12.1 Å². The van der Waals surface area contributed by atoms with Gasteiger partial charge < -0.3 is 15.4 Å². The Morgan fingerprint density at radius 2 is 1.52 bits per heavy atom. The van der Waals surface area contributed by atoms with E-state index in [1.54, 1.807) is 0 Å². The van der Waals surface area contributed by atoms with E-state index in [1.807, 2.05) is 62.4 Å². The van der Waals surface area contributed by atoms with Gasteiger partial charge in [0.2, 0.25) is 11.8 Å². The van der Waals surface area contributed by atoms with Crippen molar-refractivity contribution in [1.82, 2.24) is 10.6 Å². The van der Waals surface area contributed by atoms with Gasteiger partial charge in [-0.2, -0.15) is 0 Å². The van der Waals surface area contributed by atoms with E-state index in [-0.39, 0.29) is 5.91 Å². The van der Waals surface area contributed by atoms with Crippen molar-refractivity contribution in [3.05, 3.63) is 70.8 Å². The van der Waals surface area contributed by atoms with Crippen LogP contribution >= 0.6 is 0 Å². The number of nitrogens with one attached hydrogen (secondary N) is 2. The summed E-state index contributed by atoms with van der Waals surface area (Å²) in [7, 11) is 1.29. The third kappa shape index (κ3) is 6.75. The summed E-state index contributed by atoms with van der Waals surface area (Å²) >= 11 is 0. The Labute approximate surface area is 171 Å². The van der Waals surface area contributed by atoms with Crippen LogP contribution in [-0.4, -0.2) is 37.0 Å². The molecule has 0 unspecified atom stereocenters. The average Bonchev–Trinajstić information content (AvgIpc) is 2.69. The van der Waals surface area contributed by atoms with Gasteiger partial charge in [-0.1, -0.05) is 48.5 Å². The summed E-state index contributed by atoms with van der Waals surface area (Å²) in [6, 6.07) is 13.7. The minimum absolute atomic E-state index is 0.303. The number of hydrogen-bond acceptors (Lipinski definition) is 4. The summed E-state index contributed by atoms with van der Waals surface area (Å²) in [5, 5.41) is 5.42. The Bertz CT molecular complexity index is 864. The smallest absolute Gasteiger partial charge is 0.328 e. The first-order chi connectivity index (χ1) is 13.8. The van der Waals surface area contributed by atoms with E-state index >= 15 is 0 Å². The Morgan fingerprint density at radius 1 is 0.862 bits per heavy atom. The van der Waals surface area contributed by atoms with E-state index in [9.17, 15) is 14.4 Å².